The van der Waals surface area contributed by atoms with Crippen molar-refractivity contribution in [2.75, 3.05) is 44.6 Å². The summed E-state index contributed by atoms with van der Waals surface area (Å²) in [6.07, 6.45) is 0. The van der Waals surface area contributed by atoms with Crippen LogP contribution >= 0.6 is 0 Å². The number of hydrogen-bond donors (Lipinski definition) is 2. The number of para-hydroxylation sites is 1. The van der Waals surface area contributed by atoms with E-state index >= 15 is 0 Å². The zero-order valence-electron chi connectivity index (χ0n) is 16.4. The lowest BCUT2D eigenvalue weighted by Gasteiger charge is -2.33. The van der Waals surface area contributed by atoms with E-state index in [2.05, 4.69) is 32.6 Å². The van der Waals surface area contributed by atoms with Crippen molar-refractivity contribution in [1.29, 1.82) is 0 Å². The molecule has 1 saturated heterocycles. The quantitative estimate of drug-likeness (QED) is 0.770. The summed E-state index contributed by atoms with van der Waals surface area (Å²) in [6, 6.07) is 17.7. The Morgan fingerprint density at radius 3 is 2.00 bits per heavy atom. The summed E-state index contributed by atoms with van der Waals surface area (Å²) in [4.78, 5) is 28.6. The molecule has 1 fully saturated rings. The summed E-state index contributed by atoms with van der Waals surface area (Å²) in [5.74, 6) is 0.0336. The molecule has 0 aromatic heterocycles. The number of carbonyl (C=O) groups is 2. The molecule has 2 aromatic rings. The van der Waals surface area contributed by atoms with Gasteiger partial charge in [-0.3, -0.25) is 19.4 Å². The molecule has 1 heterocycles. The molecule has 2 amide bonds. The fraction of sp³-hybridized carbons (Fsp3) is 0.364. The van der Waals surface area contributed by atoms with Gasteiger partial charge in [0.2, 0.25) is 11.8 Å². The third-order valence-electron chi connectivity index (χ3n) is 4.87. The number of rotatable bonds is 7. The highest BCUT2D eigenvalue weighted by Gasteiger charge is 2.20. The molecule has 1 aliphatic rings. The van der Waals surface area contributed by atoms with Crippen molar-refractivity contribution >= 4 is 17.5 Å². The molecule has 6 heteroatoms. The molecule has 0 spiro atoms. The van der Waals surface area contributed by atoms with Crippen LogP contribution in [-0.2, 0) is 16.1 Å². The van der Waals surface area contributed by atoms with Gasteiger partial charge in [0.1, 0.15) is 0 Å². The van der Waals surface area contributed by atoms with E-state index < -0.39 is 0 Å². The van der Waals surface area contributed by atoms with Crippen LogP contribution in [0.4, 0.5) is 5.69 Å². The minimum Gasteiger partial charge on any atom is -0.351 e. The van der Waals surface area contributed by atoms with Crippen molar-refractivity contribution in [3.8, 4) is 0 Å². The van der Waals surface area contributed by atoms with Crippen molar-refractivity contribution < 1.29 is 9.59 Å². The maximum absolute atomic E-state index is 12.2. The predicted octanol–water partition coefficient (Wildman–Crippen LogP) is 1.87. The Bertz CT molecular complexity index is 769. The molecule has 0 aliphatic carbocycles. The first-order chi connectivity index (χ1) is 13.6. The van der Waals surface area contributed by atoms with Gasteiger partial charge in [0.25, 0.3) is 0 Å². The largest absolute Gasteiger partial charge is 0.351 e. The molecule has 28 heavy (non-hydrogen) atoms. The van der Waals surface area contributed by atoms with E-state index in [-0.39, 0.29) is 11.8 Å². The van der Waals surface area contributed by atoms with Crippen molar-refractivity contribution in [3.05, 3.63) is 65.7 Å². The maximum Gasteiger partial charge on any atom is 0.238 e. The SMILES string of the molecule is Cc1ccc(CNC(=O)CN2CCN(CC(=O)Nc3ccccc3)CC2)cc1. The predicted molar refractivity (Wildman–Crippen MR) is 111 cm³/mol. The van der Waals surface area contributed by atoms with Crippen LogP contribution < -0.4 is 10.6 Å². The van der Waals surface area contributed by atoms with Gasteiger partial charge < -0.3 is 10.6 Å². The Morgan fingerprint density at radius 2 is 1.39 bits per heavy atom. The Labute approximate surface area is 166 Å². The Morgan fingerprint density at radius 1 is 0.821 bits per heavy atom. The number of piperazine rings is 1. The second-order valence-electron chi connectivity index (χ2n) is 7.23. The summed E-state index contributed by atoms with van der Waals surface area (Å²) < 4.78 is 0. The zero-order valence-corrected chi connectivity index (χ0v) is 16.4. The molecular formula is C22H28N4O2. The molecule has 1 aliphatic heterocycles. The van der Waals surface area contributed by atoms with Gasteiger partial charge in [-0.05, 0) is 24.6 Å². The molecule has 148 valence electrons. The molecule has 0 atom stereocenters. The maximum atomic E-state index is 12.2. The number of aryl methyl sites for hydroxylation is 1. The van der Waals surface area contributed by atoms with Crippen molar-refractivity contribution in [3.63, 3.8) is 0 Å². The molecule has 0 radical (unpaired) electrons. The van der Waals surface area contributed by atoms with Gasteiger partial charge in [-0.1, -0.05) is 48.0 Å². The van der Waals surface area contributed by atoms with E-state index in [1.165, 1.54) is 5.56 Å². The standard InChI is InChI=1S/C22H28N4O2/c1-18-7-9-19(10-8-18)15-23-21(27)16-25-11-13-26(14-12-25)17-22(28)24-20-5-3-2-4-6-20/h2-10H,11-17H2,1H3,(H,23,27)(H,24,28). The molecule has 3 rings (SSSR count). The molecule has 6 nitrogen and oxygen atoms in total. The molecular weight excluding hydrogens is 352 g/mol. The lowest BCUT2D eigenvalue weighted by atomic mass is 10.1. The average molecular weight is 380 g/mol. The van der Waals surface area contributed by atoms with E-state index in [4.69, 9.17) is 0 Å². The first-order valence-corrected chi connectivity index (χ1v) is 9.70. The highest BCUT2D eigenvalue weighted by Crippen LogP contribution is 2.07. The average Bonchev–Trinajstić information content (AvgIpc) is 2.70. The van der Waals surface area contributed by atoms with E-state index in [9.17, 15) is 9.59 Å². The van der Waals surface area contributed by atoms with E-state index in [1.807, 2.05) is 49.4 Å². The van der Waals surface area contributed by atoms with Gasteiger partial charge in [0, 0.05) is 38.4 Å². The van der Waals surface area contributed by atoms with Gasteiger partial charge in [0.05, 0.1) is 13.1 Å². The fourth-order valence-corrected chi connectivity index (χ4v) is 3.20. The van der Waals surface area contributed by atoms with Crippen LogP contribution in [0.15, 0.2) is 54.6 Å². The fourth-order valence-electron chi connectivity index (χ4n) is 3.20. The Hall–Kier alpha value is -2.70. The van der Waals surface area contributed by atoms with E-state index in [0.29, 0.717) is 19.6 Å². The number of benzene rings is 2. The Kier molecular flexibility index (Phi) is 7.17. The number of anilines is 1. The highest BCUT2D eigenvalue weighted by atomic mass is 16.2. The third-order valence-corrected chi connectivity index (χ3v) is 4.87. The van der Waals surface area contributed by atoms with Crippen LogP contribution in [0.2, 0.25) is 0 Å². The minimum absolute atomic E-state index is 0.00418. The highest BCUT2D eigenvalue weighted by molar-refractivity contribution is 5.92. The molecule has 0 unspecified atom stereocenters. The van der Waals surface area contributed by atoms with Gasteiger partial charge in [0.15, 0.2) is 0 Å². The van der Waals surface area contributed by atoms with E-state index in [0.717, 1.165) is 37.4 Å². The summed E-state index contributed by atoms with van der Waals surface area (Å²) >= 11 is 0. The van der Waals surface area contributed by atoms with Crippen molar-refractivity contribution in [2.45, 2.75) is 13.5 Å². The third kappa shape index (κ3) is 6.48. The van der Waals surface area contributed by atoms with Crippen LogP contribution in [0.3, 0.4) is 0 Å². The van der Waals surface area contributed by atoms with Gasteiger partial charge in [-0.2, -0.15) is 0 Å². The Balaban J connectivity index is 1.33. The monoisotopic (exact) mass is 380 g/mol. The van der Waals surface area contributed by atoms with Crippen molar-refractivity contribution in [1.82, 2.24) is 15.1 Å². The summed E-state index contributed by atoms with van der Waals surface area (Å²) in [7, 11) is 0. The summed E-state index contributed by atoms with van der Waals surface area (Å²) in [6.45, 7) is 6.53. The topological polar surface area (TPSA) is 64.7 Å². The van der Waals surface area contributed by atoms with Crippen LogP contribution in [0.5, 0.6) is 0 Å². The molecule has 0 saturated carbocycles. The number of nitrogens with zero attached hydrogens (tertiary/aromatic N) is 2. The van der Waals surface area contributed by atoms with Crippen LogP contribution in [0.1, 0.15) is 11.1 Å². The molecule has 0 bridgehead atoms. The number of carbonyl (C=O) groups excluding carboxylic acids is 2. The first kappa shape index (κ1) is 20.0. The minimum atomic E-state index is -0.00418. The lowest BCUT2D eigenvalue weighted by Crippen LogP contribution is -2.50. The molecule has 2 N–H and O–H groups in total. The summed E-state index contributed by atoms with van der Waals surface area (Å²) in [5, 5.41) is 5.89. The van der Waals surface area contributed by atoms with Crippen molar-refractivity contribution in [2.24, 2.45) is 0 Å². The normalized spacial score (nSPS) is 15.2. The number of hydrogen-bond acceptors (Lipinski definition) is 4. The van der Waals surface area contributed by atoms with Gasteiger partial charge >= 0.3 is 0 Å². The van der Waals surface area contributed by atoms with Gasteiger partial charge in [-0.15, -0.1) is 0 Å². The first-order valence-electron chi connectivity index (χ1n) is 9.70. The summed E-state index contributed by atoms with van der Waals surface area (Å²) in [5.41, 5.74) is 3.13. The zero-order chi connectivity index (χ0) is 19.8. The van der Waals surface area contributed by atoms with Crippen LogP contribution in [0.25, 0.3) is 0 Å². The lowest BCUT2D eigenvalue weighted by molar-refractivity contribution is -0.123. The van der Waals surface area contributed by atoms with Gasteiger partial charge in [-0.25, -0.2) is 0 Å². The second-order valence-corrected chi connectivity index (χ2v) is 7.23. The smallest absolute Gasteiger partial charge is 0.238 e. The number of nitrogens with one attached hydrogen (secondary N) is 2. The van der Waals surface area contributed by atoms with Crippen LogP contribution in [-0.4, -0.2) is 60.9 Å². The van der Waals surface area contributed by atoms with Crippen LogP contribution in [0, 0.1) is 6.92 Å². The van der Waals surface area contributed by atoms with E-state index in [1.54, 1.807) is 0 Å². The number of amides is 2. The molecule has 2 aromatic carbocycles. The second kappa shape index (κ2) is 10.0.